The van der Waals surface area contributed by atoms with Crippen molar-refractivity contribution in [3.05, 3.63) is 65.0 Å². The molecule has 0 radical (unpaired) electrons. The summed E-state index contributed by atoms with van der Waals surface area (Å²) in [5.41, 5.74) is 2.80. The largest absolute Gasteiger partial charge is 0.416 e. The first-order chi connectivity index (χ1) is 14.7. The summed E-state index contributed by atoms with van der Waals surface area (Å²) < 4.78 is 41.1. The van der Waals surface area contributed by atoms with Gasteiger partial charge >= 0.3 is 6.18 Å². The van der Waals surface area contributed by atoms with Gasteiger partial charge in [0.05, 0.1) is 16.6 Å². The van der Waals surface area contributed by atoms with Crippen LogP contribution in [-0.4, -0.2) is 33.4 Å². The summed E-state index contributed by atoms with van der Waals surface area (Å²) in [5, 5.41) is 0. The molecule has 164 valence electrons. The van der Waals surface area contributed by atoms with E-state index in [1.165, 1.54) is 17.2 Å². The Morgan fingerprint density at radius 3 is 2.48 bits per heavy atom. The fourth-order valence-corrected chi connectivity index (χ4v) is 4.52. The van der Waals surface area contributed by atoms with Gasteiger partial charge in [-0.15, -0.1) is 0 Å². The highest BCUT2D eigenvalue weighted by Gasteiger charge is 2.32. The number of hydrogen-bond donors (Lipinski definition) is 0. The van der Waals surface area contributed by atoms with Gasteiger partial charge < -0.3 is 9.47 Å². The molecule has 1 amide bonds. The first-order valence-electron chi connectivity index (χ1n) is 10.6. The van der Waals surface area contributed by atoms with E-state index < -0.39 is 11.7 Å². The maximum Gasteiger partial charge on any atom is 0.416 e. The maximum absolute atomic E-state index is 13.0. The van der Waals surface area contributed by atoms with E-state index in [1.54, 1.807) is 0 Å². The number of alkyl halides is 3. The van der Waals surface area contributed by atoms with Gasteiger partial charge in [-0.2, -0.15) is 13.2 Å². The van der Waals surface area contributed by atoms with Crippen LogP contribution in [0.25, 0.3) is 11.0 Å². The summed E-state index contributed by atoms with van der Waals surface area (Å²) in [6.07, 6.45) is -1.62. The quantitative estimate of drug-likeness (QED) is 0.552. The minimum atomic E-state index is -4.38. The average Bonchev–Trinajstić information content (AvgIpc) is 3.07. The maximum atomic E-state index is 13.0. The number of rotatable bonds is 4. The van der Waals surface area contributed by atoms with Crippen LogP contribution in [0.2, 0.25) is 0 Å². The number of piperidine rings is 1. The molecular formula is C24H26F3N3O. The number of likely N-dealkylation sites (tertiary alicyclic amines) is 1. The van der Waals surface area contributed by atoms with E-state index in [2.05, 4.69) is 24.0 Å². The van der Waals surface area contributed by atoms with Gasteiger partial charge in [0.25, 0.3) is 0 Å². The van der Waals surface area contributed by atoms with Gasteiger partial charge in [0, 0.05) is 25.6 Å². The second kappa shape index (κ2) is 8.36. The number of halogens is 3. The van der Waals surface area contributed by atoms with E-state index in [0.29, 0.717) is 30.9 Å². The number of benzene rings is 2. The van der Waals surface area contributed by atoms with Gasteiger partial charge in [-0.25, -0.2) is 4.98 Å². The van der Waals surface area contributed by atoms with Gasteiger partial charge in [0.1, 0.15) is 5.82 Å². The van der Waals surface area contributed by atoms with Crippen molar-refractivity contribution < 1.29 is 18.0 Å². The molecule has 0 atom stereocenters. The highest BCUT2D eigenvalue weighted by atomic mass is 19.4. The average molecular weight is 429 g/mol. The van der Waals surface area contributed by atoms with Crippen LogP contribution in [0.1, 0.15) is 47.8 Å². The Morgan fingerprint density at radius 1 is 1.10 bits per heavy atom. The lowest BCUT2D eigenvalue weighted by Crippen LogP contribution is -2.39. The Hall–Kier alpha value is -2.83. The molecule has 2 aromatic carbocycles. The van der Waals surface area contributed by atoms with E-state index in [-0.39, 0.29) is 11.9 Å². The number of nitrogens with zero attached hydrogens (tertiary/aromatic N) is 3. The molecule has 0 unspecified atom stereocenters. The Labute approximate surface area is 179 Å². The number of hydrogen-bond acceptors (Lipinski definition) is 2. The van der Waals surface area contributed by atoms with Gasteiger partial charge in [-0.05, 0) is 62.4 Å². The van der Waals surface area contributed by atoms with Crippen LogP contribution in [-0.2, 0) is 17.4 Å². The molecule has 4 rings (SSSR count). The summed E-state index contributed by atoms with van der Waals surface area (Å²) >= 11 is 0. The van der Waals surface area contributed by atoms with E-state index in [9.17, 15) is 18.0 Å². The Balaban J connectivity index is 1.41. The Kier molecular flexibility index (Phi) is 5.77. The molecule has 0 bridgehead atoms. The Morgan fingerprint density at radius 2 is 1.81 bits per heavy atom. The third-order valence-corrected chi connectivity index (χ3v) is 6.24. The van der Waals surface area contributed by atoms with Crippen LogP contribution in [0.15, 0.2) is 42.5 Å². The topological polar surface area (TPSA) is 38.1 Å². The molecule has 1 saturated heterocycles. The van der Waals surface area contributed by atoms with E-state index >= 15 is 0 Å². The van der Waals surface area contributed by atoms with Crippen molar-refractivity contribution in [3.8, 4) is 0 Å². The summed E-state index contributed by atoms with van der Waals surface area (Å²) in [5.74, 6) is 0.863. The monoisotopic (exact) mass is 429 g/mol. The fourth-order valence-electron chi connectivity index (χ4n) is 4.52. The van der Waals surface area contributed by atoms with Crippen molar-refractivity contribution in [2.24, 2.45) is 0 Å². The highest BCUT2D eigenvalue weighted by Crippen LogP contribution is 2.34. The summed E-state index contributed by atoms with van der Waals surface area (Å²) in [6, 6.07) is 12.0. The molecule has 4 nitrogen and oxygen atoms in total. The van der Waals surface area contributed by atoms with Crippen LogP contribution >= 0.6 is 0 Å². The minimum Gasteiger partial charge on any atom is -0.343 e. The molecule has 31 heavy (non-hydrogen) atoms. The number of imidazole rings is 1. The molecule has 1 aliphatic heterocycles. The molecule has 3 aromatic rings. The molecule has 7 heteroatoms. The number of fused-ring (bicyclic) bond motifs is 1. The molecule has 1 aliphatic rings. The van der Waals surface area contributed by atoms with E-state index in [4.69, 9.17) is 0 Å². The predicted molar refractivity (Wildman–Crippen MR) is 114 cm³/mol. The number of aryl methyl sites for hydroxylation is 3. The first kappa shape index (κ1) is 21.4. The van der Waals surface area contributed by atoms with Gasteiger partial charge in [-0.3, -0.25) is 4.79 Å². The molecular weight excluding hydrogens is 403 g/mol. The van der Waals surface area contributed by atoms with Crippen molar-refractivity contribution in [2.75, 3.05) is 13.1 Å². The molecule has 0 aliphatic carbocycles. The predicted octanol–water partition coefficient (Wildman–Crippen LogP) is 5.47. The van der Waals surface area contributed by atoms with Gasteiger partial charge in [-0.1, -0.05) is 24.3 Å². The number of carbonyl (C=O) groups excluding carboxylic acids is 1. The van der Waals surface area contributed by atoms with Gasteiger partial charge in [0.2, 0.25) is 5.91 Å². The lowest BCUT2D eigenvalue weighted by Gasteiger charge is -2.33. The van der Waals surface area contributed by atoms with Crippen molar-refractivity contribution in [1.29, 1.82) is 0 Å². The van der Waals surface area contributed by atoms with Crippen molar-refractivity contribution in [3.63, 3.8) is 0 Å². The minimum absolute atomic E-state index is 0.127. The van der Waals surface area contributed by atoms with Gasteiger partial charge in [0.15, 0.2) is 0 Å². The standard InChI is InChI=1S/C24H26F3N3O/c1-16-5-3-4-6-18(16)7-10-23(31)29-13-11-20(12-14-29)30-17(2)28-21-15-19(24(25,26)27)8-9-22(21)30/h3-6,8-9,15,20H,7,10-14H2,1-2H3. The SMILES string of the molecule is Cc1ccccc1CCC(=O)N1CCC(n2c(C)nc3cc(C(F)(F)F)ccc32)CC1. The lowest BCUT2D eigenvalue weighted by molar-refractivity contribution is -0.137. The summed E-state index contributed by atoms with van der Waals surface area (Å²) in [4.78, 5) is 19.0. The zero-order chi connectivity index (χ0) is 22.2. The normalized spacial score (nSPS) is 15.6. The molecule has 1 aromatic heterocycles. The van der Waals surface area contributed by atoms with Crippen molar-refractivity contribution in [1.82, 2.24) is 14.5 Å². The van der Waals surface area contributed by atoms with E-state index in [1.807, 2.05) is 28.5 Å². The molecule has 0 spiro atoms. The lowest BCUT2D eigenvalue weighted by atomic mass is 10.0. The Bertz CT molecular complexity index is 1100. The number of amides is 1. The van der Waals surface area contributed by atoms with Crippen LogP contribution < -0.4 is 0 Å². The van der Waals surface area contributed by atoms with Crippen LogP contribution in [0.4, 0.5) is 13.2 Å². The summed E-state index contributed by atoms with van der Waals surface area (Å²) in [7, 11) is 0. The fraction of sp³-hybridized carbons (Fsp3) is 0.417. The number of carbonyl (C=O) groups is 1. The van der Waals surface area contributed by atoms with E-state index in [0.717, 1.165) is 36.9 Å². The van der Waals surface area contributed by atoms with Crippen molar-refractivity contribution >= 4 is 16.9 Å². The third kappa shape index (κ3) is 4.45. The van der Waals surface area contributed by atoms with Crippen LogP contribution in [0.5, 0.6) is 0 Å². The second-order valence-corrected chi connectivity index (χ2v) is 8.27. The zero-order valence-electron chi connectivity index (χ0n) is 17.7. The zero-order valence-corrected chi connectivity index (χ0v) is 17.7. The smallest absolute Gasteiger partial charge is 0.343 e. The molecule has 0 saturated carbocycles. The van der Waals surface area contributed by atoms with Crippen LogP contribution in [0, 0.1) is 13.8 Å². The highest BCUT2D eigenvalue weighted by molar-refractivity contribution is 5.78. The molecule has 1 fully saturated rings. The van der Waals surface area contributed by atoms with Crippen LogP contribution in [0.3, 0.4) is 0 Å². The third-order valence-electron chi connectivity index (χ3n) is 6.24. The van der Waals surface area contributed by atoms with Crippen molar-refractivity contribution in [2.45, 2.75) is 51.7 Å². The molecule has 2 heterocycles. The molecule has 0 N–H and O–H groups in total. The number of aromatic nitrogens is 2. The first-order valence-corrected chi connectivity index (χ1v) is 10.6. The second-order valence-electron chi connectivity index (χ2n) is 8.27. The summed E-state index contributed by atoms with van der Waals surface area (Å²) in [6.45, 7) is 5.18.